The van der Waals surface area contributed by atoms with E-state index in [-0.39, 0.29) is 17.7 Å². The maximum absolute atomic E-state index is 13.1. The minimum Gasteiger partial charge on any atom is -0.472 e. The number of nitrogens with zero attached hydrogens (tertiary/aromatic N) is 2. The van der Waals surface area contributed by atoms with E-state index >= 15 is 0 Å². The van der Waals surface area contributed by atoms with Gasteiger partial charge in [0.15, 0.2) is 0 Å². The molecule has 154 valence electrons. The monoisotopic (exact) mass is 394 g/mol. The number of amides is 2. The van der Waals surface area contributed by atoms with Gasteiger partial charge in [0.2, 0.25) is 5.91 Å². The predicted octanol–water partition coefficient (Wildman–Crippen LogP) is 4.00. The van der Waals surface area contributed by atoms with E-state index in [1.54, 1.807) is 6.07 Å². The van der Waals surface area contributed by atoms with Crippen LogP contribution in [-0.2, 0) is 11.2 Å². The Labute approximate surface area is 172 Å². The highest BCUT2D eigenvalue weighted by atomic mass is 16.3. The Bertz CT molecular complexity index is 795. The second-order valence-corrected chi connectivity index (χ2v) is 8.40. The van der Waals surface area contributed by atoms with Gasteiger partial charge in [0.05, 0.1) is 17.7 Å². The molecule has 2 fully saturated rings. The molecule has 0 bridgehead atoms. The smallest absolute Gasteiger partial charge is 0.257 e. The van der Waals surface area contributed by atoms with Gasteiger partial charge in [-0.05, 0) is 56.1 Å². The van der Waals surface area contributed by atoms with Crippen molar-refractivity contribution in [3.8, 4) is 0 Å². The van der Waals surface area contributed by atoms with Crippen molar-refractivity contribution >= 4 is 11.8 Å². The summed E-state index contributed by atoms with van der Waals surface area (Å²) in [6.45, 7) is 2.95. The summed E-state index contributed by atoms with van der Waals surface area (Å²) in [4.78, 5) is 29.5. The first kappa shape index (κ1) is 19.7. The SMILES string of the molecule is O=C(c1ccoc1)N1CCC[C@@H](C(=O)N2CCC(CCc3ccccc3)CC2)C1. The first-order valence-corrected chi connectivity index (χ1v) is 10.8. The standard InChI is InChI=1S/C24H30N2O3/c27-23(21-7-4-13-26(17-21)24(28)22-12-16-29-18-22)25-14-10-20(11-15-25)9-8-19-5-2-1-3-6-19/h1-3,5-6,12,16,18,20-21H,4,7-11,13-15,17H2/t21-/m1/s1. The van der Waals surface area contributed by atoms with Gasteiger partial charge < -0.3 is 14.2 Å². The zero-order chi connectivity index (χ0) is 20.1. The Morgan fingerprint density at radius 3 is 2.48 bits per heavy atom. The molecular weight excluding hydrogens is 364 g/mol. The molecule has 2 aliphatic rings. The number of carbonyl (C=O) groups is 2. The van der Waals surface area contributed by atoms with Crippen molar-refractivity contribution < 1.29 is 14.0 Å². The highest BCUT2D eigenvalue weighted by Gasteiger charge is 2.33. The van der Waals surface area contributed by atoms with E-state index in [2.05, 4.69) is 30.3 Å². The maximum atomic E-state index is 13.1. The van der Waals surface area contributed by atoms with Crippen LogP contribution in [0.25, 0.3) is 0 Å². The molecule has 0 saturated carbocycles. The highest BCUT2D eigenvalue weighted by Crippen LogP contribution is 2.26. The zero-order valence-electron chi connectivity index (χ0n) is 17.0. The van der Waals surface area contributed by atoms with Gasteiger partial charge in [0, 0.05) is 26.2 Å². The summed E-state index contributed by atoms with van der Waals surface area (Å²) in [6.07, 6.45) is 9.24. The Morgan fingerprint density at radius 2 is 1.76 bits per heavy atom. The van der Waals surface area contributed by atoms with E-state index in [4.69, 9.17) is 4.42 Å². The molecule has 2 aliphatic heterocycles. The molecule has 2 aromatic rings. The van der Waals surface area contributed by atoms with E-state index in [9.17, 15) is 9.59 Å². The molecule has 1 atom stereocenters. The Hall–Kier alpha value is -2.56. The van der Waals surface area contributed by atoms with Crippen molar-refractivity contribution in [2.24, 2.45) is 11.8 Å². The van der Waals surface area contributed by atoms with E-state index in [0.717, 1.165) is 51.7 Å². The Balaban J connectivity index is 1.25. The van der Waals surface area contributed by atoms with Gasteiger partial charge in [-0.2, -0.15) is 0 Å². The molecule has 2 amide bonds. The molecule has 0 spiro atoms. The number of piperidine rings is 2. The fourth-order valence-corrected chi connectivity index (χ4v) is 4.65. The first-order valence-electron chi connectivity index (χ1n) is 10.8. The van der Waals surface area contributed by atoms with Crippen LogP contribution in [0.1, 0.15) is 48.0 Å². The minimum atomic E-state index is -0.0690. The lowest BCUT2D eigenvalue weighted by Crippen LogP contribution is -2.48. The third-order valence-corrected chi connectivity index (χ3v) is 6.44. The molecule has 5 heteroatoms. The molecule has 1 aromatic heterocycles. The largest absolute Gasteiger partial charge is 0.472 e. The van der Waals surface area contributed by atoms with Crippen LogP contribution < -0.4 is 0 Å². The topological polar surface area (TPSA) is 53.8 Å². The minimum absolute atomic E-state index is 0.0316. The summed E-state index contributed by atoms with van der Waals surface area (Å²) >= 11 is 0. The number of carbonyl (C=O) groups excluding carboxylic acids is 2. The molecule has 4 rings (SSSR count). The lowest BCUT2D eigenvalue weighted by Gasteiger charge is -2.38. The Morgan fingerprint density at radius 1 is 0.966 bits per heavy atom. The van der Waals surface area contributed by atoms with Crippen LogP contribution in [0.5, 0.6) is 0 Å². The fourth-order valence-electron chi connectivity index (χ4n) is 4.65. The molecule has 0 radical (unpaired) electrons. The zero-order valence-corrected chi connectivity index (χ0v) is 17.0. The number of aryl methyl sites for hydroxylation is 1. The van der Waals surface area contributed by atoms with Crippen molar-refractivity contribution in [1.29, 1.82) is 0 Å². The summed E-state index contributed by atoms with van der Waals surface area (Å²) in [5, 5.41) is 0. The van der Waals surface area contributed by atoms with Crippen molar-refractivity contribution in [3.05, 3.63) is 60.1 Å². The highest BCUT2D eigenvalue weighted by molar-refractivity contribution is 5.94. The van der Waals surface area contributed by atoms with Crippen LogP contribution in [0.15, 0.2) is 53.3 Å². The van der Waals surface area contributed by atoms with Gasteiger partial charge in [-0.25, -0.2) is 0 Å². The quantitative estimate of drug-likeness (QED) is 0.770. The number of likely N-dealkylation sites (tertiary alicyclic amines) is 2. The van der Waals surface area contributed by atoms with Gasteiger partial charge in [-0.3, -0.25) is 9.59 Å². The number of hydrogen-bond donors (Lipinski definition) is 0. The van der Waals surface area contributed by atoms with Gasteiger partial charge in [-0.15, -0.1) is 0 Å². The number of rotatable bonds is 5. The van der Waals surface area contributed by atoms with Gasteiger partial charge in [0.25, 0.3) is 5.91 Å². The average molecular weight is 395 g/mol. The third kappa shape index (κ3) is 4.89. The van der Waals surface area contributed by atoms with Crippen LogP contribution in [0.3, 0.4) is 0 Å². The summed E-state index contributed by atoms with van der Waals surface area (Å²) in [7, 11) is 0. The molecule has 0 aliphatic carbocycles. The van der Waals surface area contributed by atoms with Gasteiger partial charge in [-0.1, -0.05) is 30.3 Å². The van der Waals surface area contributed by atoms with Gasteiger partial charge >= 0.3 is 0 Å². The van der Waals surface area contributed by atoms with E-state index in [1.165, 1.54) is 24.5 Å². The van der Waals surface area contributed by atoms with Crippen LogP contribution in [0.4, 0.5) is 0 Å². The summed E-state index contributed by atoms with van der Waals surface area (Å²) in [5.41, 5.74) is 1.97. The Kier molecular flexibility index (Phi) is 6.33. The number of furan rings is 1. The molecular formula is C24H30N2O3. The lowest BCUT2D eigenvalue weighted by molar-refractivity contribution is -0.138. The maximum Gasteiger partial charge on any atom is 0.257 e. The third-order valence-electron chi connectivity index (χ3n) is 6.44. The fraction of sp³-hybridized carbons (Fsp3) is 0.500. The lowest BCUT2D eigenvalue weighted by atomic mass is 9.89. The van der Waals surface area contributed by atoms with E-state index in [1.807, 2.05) is 9.80 Å². The molecule has 1 aromatic carbocycles. The van der Waals surface area contributed by atoms with Crippen molar-refractivity contribution in [3.63, 3.8) is 0 Å². The molecule has 0 unspecified atom stereocenters. The van der Waals surface area contributed by atoms with E-state index < -0.39 is 0 Å². The molecule has 3 heterocycles. The summed E-state index contributed by atoms with van der Waals surface area (Å²) < 4.78 is 5.03. The number of benzene rings is 1. The van der Waals surface area contributed by atoms with Crippen molar-refractivity contribution in [2.75, 3.05) is 26.2 Å². The molecule has 2 saturated heterocycles. The van der Waals surface area contributed by atoms with Crippen molar-refractivity contribution in [1.82, 2.24) is 9.80 Å². The van der Waals surface area contributed by atoms with Crippen molar-refractivity contribution in [2.45, 2.75) is 38.5 Å². The average Bonchev–Trinajstić information content (AvgIpc) is 3.33. The first-order chi connectivity index (χ1) is 14.2. The molecule has 29 heavy (non-hydrogen) atoms. The summed E-state index contributed by atoms with van der Waals surface area (Å²) in [6, 6.07) is 12.3. The van der Waals surface area contributed by atoms with Crippen LogP contribution in [0.2, 0.25) is 0 Å². The van der Waals surface area contributed by atoms with Crippen LogP contribution >= 0.6 is 0 Å². The molecule has 5 nitrogen and oxygen atoms in total. The van der Waals surface area contributed by atoms with Crippen LogP contribution in [0, 0.1) is 11.8 Å². The second-order valence-electron chi connectivity index (χ2n) is 8.40. The summed E-state index contributed by atoms with van der Waals surface area (Å²) in [5.74, 6) is 0.831. The molecule has 0 N–H and O–H groups in total. The van der Waals surface area contributed by atoms with Gasteiger partial charge in [0.1, 0.15) is 6.26 Å². The number of hydrogen-bond acceptors (Lipinski definition) is 3. The normalized spacial score (nSPS) is 20.6. The van der Waals surface area contributed by atoms with Crippen LogP contribution in [-0.4, -0.2) is 47.8 Å². The second kappa shape index (κ2) is 9.29. The predicted molar refractivity (Wildman–Crippen MR) is 111 cm³/mol. The van der Waals surface area contributed by atoms with E-state index in [0.29, 0.717) is 18.0 Å².